The van der Waals surface area contributed by atoms with Crippen molar-refractivity contribution in [3.05, 3.63) is 24.3 Å². The third-order valence-corrected chi connectivity index (χ3v) is 1.36. The summed E-state index contributed by atoms with van der Waals surface area (Å²) in [7, 11) is 1.77. The highest BCUT2D eigenvalue weighted by Gasteiger charge is 2.06. The van der Waals surface area contributed by atoms with E-state index in [1.807, 2.05) is 13.0 Å². The molecule has 1 nitrogen and oxygen atoms in total. The van der Waals surface area contributed by atoms with E-state index < -0.39 is 0 Å². The van der Waals surface area contributed by atoms with E-state index in [4.69, 9.17) is 0 Å². The van der Waals surface area contributed by atoms with Crippen molar-refractivity contribution >= 4 is 6.21 Å². The topological polar surface area (TPSA) is 12.4 Å². The first-order valence-corrected chi connectivity index (χ1v) is 3.86. The summed E-state index contributed by atoms with van der Waals surface area (Å²) in [6.07, 6.45) is 10.1. The average Bonchev–Trinajstić information content (AvgIpc) is 1.87. The Hall–Kier alpha value is -0.850. The molecule has 11 heavy (non-hydrogen) atoms. The molecule has 0 aromatic carbocycles. The Morgan fingerprint density at radius 1 is 1.18 bits per heavy atom. The van der Waals surface area contributed by atoms with Gasteiger partial charge in [0.2, 0.25) is 0 Å². The van der Waals surface area contributed by atoms with Crippen LogP contribution in [-0.2, 0) is 0 Å². The third kappa shape index (κ3) is 5.59. The monoisotopic (exact) mass is 151 g/mol. The van der Waals surface area contributed by atoms with Crippen LogP contribution in [0, 0.1) is 5.41 Å². The lowest BCUT2D eigenvalue weighted by molar-refractivity contribution is 0.626. The van der Waals surface area contributed by atoms with Crippen LogP contribution >= 0.6 is 0 Å². The van der Waals surface area contributed by atoms with Crippen LogP contribution in [0.5, 0.6) is 0 Å². The Balaban J connectivity index is 4.10. The summed E-state index contributed by atoms with van der Waals surface area (Å²) in [5, 5.41) is 0. The van der Waals surface area contributed by atoms with Gasteiger partial charge in [-0.25, -0.2) is 0 Å². The van der Waals surface area contributed by atoms with Crippen molar-refractivity contribution in [2.45, 2.75) is 20.8 Å². The minimum atomic E-state index is 0.149. The van der Waals surface area contributed by atoms with Crippen molar-refractivity contribution in [1.82, 2.24) is 0 Å². The van der Waals surface area contributed by atoms with E-state index in [0.717, 1.165) is 0 Å². The normalized spacial score (nSPS) is 14.2. The van der Waals surface area contributed by atoms with E-state index in [-0.39, 0.29) is 5.41 Å². The second-order valence-corrected chi connectivity index (χ2v) is 3.09. The van der Waals surface area contributed by atoms with Crippen LogP contribution in [0.1, 0.15) is 20.8 Å². The van der Waals surface area contributed by atoms with Gasteiger partial charge in [-0.15, -0.1) is 0 Å². The molecule has 0 atom stereocenters. The summed E-state index contributed by atoms with van der Waals surface area (Å²) in [5.41, 5.74) is 0.149. The van der Waals surface area contributed by atoms with E-state index in [9.17, 15) is 0 Å². The quantitative estimate of drug-likeness (QED) is 0.434. The number of hydrogen-bond donors (Lipinski definition) is 0. The van der Waals surface area contributed by atoms with Gasteiger partial charge in [0.25, 0.3) is 0 Å². The molecular weight excluding hydrogens is 134 g/mol. The molecule has 0 aromatic rings. The van der Waals surface area contributed by atoms with Crippen molar-refractivity contribution < 1.29 is 0 Å². The van der Waals surface area contributed by atoms with Crippen LogP contribution in [0.25, 0.3) is 0 Å². The largest absolute Gasteiger partial charge is 0.297 e. The molecule has 0 saturated carbocycles. The minimum absolute atomic E-state index is 0.149. The van der Waals surface area contributed by atoms with Crippen molar-refractivity contribution in [3.63, 3.8) is 0 Å². The molecule has 0 heterocycles. The molecule has 1 heteroatoms. The van der Waals surface area contributed by atoms with Gasteiger partial charge >= 0.3 is 0 Å². The summed E-state index contributed by atoms with van der Waals surface area (Å²) in [4.78, 5) is 3.86. The smallest absolute Gasteiger partial charge is 0.0277 e. The summed E-state index contributed by atoms with van der Waals surface area (Å²) < 4.78 is 0. The number of aliphatic imine (C=N–C) groups is 1. The fraction of sp³-hybridized carbons (Fsp3) is 0.500. The van der Waals surface area contributed by atoms with Crippen LogP contribution in [0.15, 0.2) is 29.3 Å². The highest BCUT2D eigenvalue weighted by molar-refractivity contribution is 5.71. The zero-order chi connectivity index (χ0) is 8.74. The molecule has 0 fully saturated rings. The van der Waals surface area contributed by atoms with Gasteiger partial charge in [0, 0.05) is 18.7 Å². The third-order valence-electron chi connectivity index (χ3n) is 1.36. The van der Waals surface area contributed by atoms with Crippen molar-refractivity contribution in [2.75, 3.05) is 7.05 Å². The molecular formula is C10H17N. The fourth-order valence-corrected chi connectivity index (χ4v) is 0.862. The van der Waals surface area contributed by atoms with Crippen LogP contribution in [0.2, 0.25) is 0 Å². The second-order valence-electron chi connectivity index (χ2n) is 3.09. The highest BCUT2D eigenvalue weighted by atomic mass is 14.6. The maximum Gasteiger partial charge on any atom is 0.0277 e. The lowest BCUT2D eigenvalue weighted by Crippen LogP contribution is -2.01. The Morgan fingerprint density at radius 3 is 2.27 bits per heavy atom. The molecule has 0 aliphatic rings. The standard InChI is InChI=1S/C10H17N/c1-5-7-10(2,3)8-6-9-11-4/h5-9H,1-4H3/b7-5+,8-6-,11-9-. The number of rotatable bonds is 3. The summed E-state index contributed by atoms with van der Waals surface area (Å²) >= 11 is 0. The lowest BCUT2D eigenvalue weighted by atomic mass is 9.93. The molecule has 0 bridgehead atoms. The Labute approximate surface area is 69.5 Å². The predicted octanol–water partition coefficient (Wildman–Crippen LogP) is 2.85. The van der Waals surface area contributed by atoms with E-state index in [0.29, 0.717) is 0 Å². The van der Waals surface area contributed by atoms with Gasteiger partial charge in [0.15, 0.2) is 0 Å². The zero-order valence-corrected chi connectivity index (χ0v) is 7.83. The Bertz CT molecular complexity index is 173. The summed E-state index contributed by atoms with van der Waals surface area (Å²) in [6, 6.07) is 0. The maximum atomic E-state index is 3.86. The van der Waals surface area contributed by atoms with Gasteiger partial charge in [-0.3, -0.25) is 4.99 Å². The molecule has 0 N–H and O–H groups in total. The minimum Gasteiger partial charge on any atom is -0.297 e. The first-order chi connectivity index (χ1) is 5.12. The number of allylic oxidation sites excluding steroid dienone is 4. The Kier molecular flexibility index (Phi) is 4.51. The molecule has 0 aliphatic heterocycles. The molecule has 0 aliphatic carbocycles. The average molecular weight is 151 g/mol. The van der Waals surface area contributed by atoms with E-state index in [1.54, 1.807) is 13.3 Å². The first-order valence-electron chi connectivity index (χ1n) is 3.86. The van der Waals surface area contributed by atoms with Crippen LogP contribution in [0.3, 0.4) is 0 Å². The van der Waals surface area contributed by atoms with Gasteiger partial charge in [-0.2, -0.15) is 0 Å². The molecule has 0 radical (unpaired) electrons. The van der Waals surface area contributed by atoms with E-state index >= 15 is 0 Å². The summed E-state index contributed by atoms with van der Waals surface area (Å²) in [6.45, 7) is 6.35. The number of nitrogens with zero attached hydrogens (tertiary/aromatic N) is 1. The molecule has 0 rings (SSSR count). The van der Waals surface area contributed by atoms with Gasteiger partial charge < -0.3 is 0 Å². The molecule has 0 saturated heterocycles. The van der Waals surface area contributed by atoms with Gasteiger partial charge in [0.1, 0.15) is 0 Å². The molecule has 0 aromatic heterocycles. The van der Waals surface area contributed by atoms with Crippen LogP contribution < -0.4 is 0 Å². The van der Waals surface area contributed by atoms with Crippen LogP contribution in [-0.4, -0.2) is 13.3 Å². The lowest BCUT2D eigenvalue weighted by Gasteiger charge is -2.12. The van der Waals surface area contributed by atoms with Crippen LogP contribution in [0.4, 0.5) is 0 Å². The maximum absolute atomic E-state index is 3.86. The highest BCUT2D eigenvalue weighted by Crippen LogP contribution is 2.17. The zero-order valence-electron chi connectivity index (χ0n) is 7.83. The fourth-order valence-electron chi connectivity index (χ4n) is 0.862. The van der Waals surface area contributed by atoms with Crippen molar-refractivity contribution in [2.24, 2.45) is 10.4 Å². The molecule has 0 spiro atoms. The van der Waals surface area contributed by atoms with Gasteiger partial charge in [-0.1, -0.05) is 32.1 Å². The first kappa shape index (κ1) is 10.2. The summed E-state index contributed by atoms with van der Waals surface area (Å²) in [5.74, 6) is 0. The Morgan fingerprint density at radius 2 is 1.82 bits per heavy atom. The van der Waals surface area contributed by atoms with Crippen molar-refractivity contribution in [1.29, 1.82) is 0 Å². The number of hydrogen-bond acceptors (Lipinski definition) is 1. The molecule has 0 amide bonds. The predicted molar refractivity (Wildman–Crippen MR) is 52.2 cm³/mol. The SMILES string of the molecule is C/C=C/C(C)(C)/C=C\C=N/C. The molecule has 62 valence electrons. The molecule has 0 unspecified atom stereocenters. The van der Waals surface area contributed by atoms with E-state index in [2.05, 4.69) is 37.1 Å². The van der Waals surface area contributed by atoms with E-state index in [1.165, 1.54) is 0 Å². The van der Waals surface area contributed by atoms with Gasteiger partial charge in [-0.05, 0) is 13.0 Å². The van der Waals surface area contributed by atoms with Crippen molar-refractivity contribution in [3.8, 4) is 0 Å². The second kappa shape index (κ2) is 4.89. The van der Waals surface area contributed by atoms with Gasteiger partial charge in [0.05, 0.1) is 0 Å².